The molecule has 124 valence electrons. The van der Waals surface area contributed by atoms with Gasteiger partial charge in [0.05, 0.1) is 4.91 Å². The fourth-order valence-electron chi connectivity index (χ4n) is 2.70. The maximum absolute atomic E-state index is 13.7. The standard InChI is InChI=1S/C18H11FN2O2S2/c1-9-2-10(4-12(19)3-9)14-8-20-7-11-5-13(23-16(11)14)6-15-17(22)21-18(24)25-15/h2-8H,1H3,(H,21,22,24)/b15-6-. The van der Waals surface area contributed by atoms with E-state index in [9.17, 15) is 9.18 Å². The zero-order valence-electron chi connectivity index (χ0n) is 13.0. The molecular formula is C18H11FN2O2S2. The zero-order chi connectivity index (χ0) is 17.6. The van der Waals surface area contributed by atoms with Gasteiger partial charge >= 0.3 is 0 Å². The molecule has 0 aliphatic carbocycles. The Balaban J connectivity index is 1.83. The van der Waals surface area contributed by atoms with Gasteiger partial charge in [-0.1, -0.05) is 30.0 Å². The van der Waals surface area contributed by atoms with Crippen LogP contribution < -0.4 is 5.32 Å². The van der Waals surface area contributed by atoms with Gasteiger partial charge in [-0.3, -0.25) is 9.78 Å². The van der Waals surface area contributed by atoms with E-state index < -0.39 is 0 Å². The van der Waals surface area contributed by atoms with Crippen molar-refractivity contribution in [2.24, 2.45) is 0 Å². The number of fused-ring (bicyclic) bond motifs is 1. The van der Waals surface area contributed by atoms with Gasteiger partial charge in [-0.25, -0.2) is 4.39 Å². The molecule has 1 fully saturated rings. The van der Waals surface area contributed by atoms with E-state index >= 15 is 0 Å². The van der Waals surface area contributed by atoms with E-state index in [1.165, 1.54) is 23.9 Å². The number of nitrogens with one attached hydrogen (secondary N) is 1. The van der Waals surface area contributed by atoms with Gasteiger partial charge in [0.2, 0.25) is 0 Å². The Kier molecular flexibility index (Phi) is 3.89. The minimum Gasteiger partial charge on any atom is -0.456 e. The second-order valence-electron chi connectivity index (χ2n) is 5.62. The fourth-order valence-corrected chi connectivity index (χ4v) is 3.73. The first-order valence-corrected chi connectivity index (χ1v) is 8.62. The summed E-state index contributed by atoms with van der Waals surface area (Å²) in [4.78, 5) is 16.5. The number of nitrogens with zero attached hydrogens (tertiary/aromatic N) is 1. The smallest absolute Gasteiger partial charge is 0.263 e. The first-order chi connectivity index (χ1) is 12.0. The molecule has 3 aromatic rings. The van der Waals surface area contributed by atoms with Crippen molar-refractivity contribution in [3.63, 3.8) is 0 Å². The summed E-state index contributed by atoms with van der Waals surface area (Å²) in [5.41, 5.74) is 2.80. The third kappa shape index (κ3) is 3.08. The van der Waals surface area contributed by atoms with Crippen molar-refractivity contribution >= 4 is 51.3 Å². The quantitative estimate of drug-likeness (QED) is 0.534. The Labute approximate surface area is 152 Å². The highest BCUT2D eigenvalue weighted by Gasteiger charge is 2.23. The van der Waals surface area contributed by atoms with Crippen LogP contribution in [-0.2, 0) is 4.79 Å². The minimum absolute atomic E-state index is 0.241. The molecule has 1 aliphatic rings. The molecular weight excluding hydrogens is 359 g/mol. The molecule has 1 N–H and O–H groups in total. The van der Waals surface area contributed by atoms with Gasteiger partial charge < -0.3 is 9.73 Å². The number of furan rings is 1. The maximum atomic E-state index is 13.7. The van der Waals surface area contributed by atoms with Crippen molar-refractivity contribution in [2.45, 2.75) is 6.92 Å². The van der Waals surface area contributed by atoms with Crippen LogP contribution in [0.1, 0.15) is 11.3 Å². The highest BCUT2D eigenvalue weighted by molar-refractivity contribution is 8.26. The van der Waals surface area contributed by atoms with Crippen LogP contribution in [0.4, 0.5) is 4.39 Å². The van der Waals surface area contributed by atoms with Crippen LogP contribution in [0.3, 0.4) is 0 Å². The lowest BCUT2D eigenvalue weighted by atomic mass is 10.0. The third-order valence-electron chi connectivity index (χ3n) is 3.71. The molecule has 4 nitrogen and oxygen atoms in total. The van der Waals surface area contributed by atoms with E-state index in [1.54, 1.807) is 24.5 Å². The molecule has 25 heavy (non-hydrogen) atoms. The number of benzene rings is 1. The van der Waals surface area contributed by atoms with E-state index in [1.807, 2.05) is 13.0 Å². The summed E-state index contributed by atoms with van der Waals surface area (Å²) in [6, 6.07) is 6.58. The topological polar surface area (TPSA) is 55.1 Å². The second-order valence-corrected chi connectivity index (χ2v) is 7.34. The minimum atomic E-state index is -0.312. The lowest BCUT2D eigenvalue weighted by Gasteiger charge is -2.04. The first kappa shape index (κ1) is 16.0. The van der Waals surface area contributed by atoms with Gasteiger partial charge in [-0.05, 0) is 36.2 Å². The molecule has 0 spiro atoms. The van der Waals surface area contributed by atoms with Crippen LogP contribution >= 0.6 is 24.0 Å². The number of pyridine rings is 1. The molecule has 7 heteroatoms. The van der Waals surface area contributed by atoms with Gasteiger partial charge in [0.25, 0.3) is 5.91 Å². The molecule has 0 bridgehead atoms. The lowest BCUT2D eigenvalue weighted by Crippen LogP contribution is -2.17. The SMILES string of the molecule is Cc1cc(F)cc(-c2cncc3cc(/C=C4\SC(=S)NC4=O)oc23)c1. The maximum Gasteiger partial charge on any atom is 0.263 e. The molecule has 0 unspecified atom stereocenters. The number of thioether (sulfide) groups is 1. The number of aryl methyl sites for hydroxylation is 1. The van der Waals surface area contributed by atoms with Crippen molar-refractivity contribution in [1.29, 1.82) is 0 Å². The summed E-state index contributed by atoms with van der Waals surface area (Å²) < 4.78 is 20.1. The molecule has 1 amide bonds. The number of thiocarbonyl (C=S) groups is 1. The van der Waals surface area contributed by atoms with Crippen molar-refractivity contribution in [3.05, 3.63) is 58.7 Å². The molecule has 0 radical (unpaired) electrons. The first-order valence-electron chi connectivity index (χ1n) is 7.39. The Bertz CT molecular complexity index is 1050. The molecule has 3 heterocycles. The largest absolute Gasteiger partial charge is 0.456 e. The Morgan fingerprint density at radius 3 is 2.84 bits per heavy atom. The van der Waals surface area contributed by atoms with Gasteiger partial charge in [-0.2, -0.15) is 0 Å². The van der Waals surface area contributed by atoms with Gasteiger partial charge in [-0.15, -0.1) is 0 Å². The van der Waals surface area contributed by atoms with E-state index in [-0.39, 0.29) is 11.7 Å². The highest BCUT2D eigenvalue weighted by atomic mass is 32.2. The molecule has 1 aromatic carbocycles. The average molecular weight is 370 g/mol. The van der Waals surface area contributed by atoms with E-state index in [0.717, 1.165) is 10.9 Å². The summed E-state index contributed by atoms with van der Waals surface area (Å²) in [5, 5.41) is 3.34. The molecule has 0 atom stereocenters. The van der Waals surface area contributed by atoms with Crippen LogP contribution in [0, 0.1) is 12.7 Å². The van der Waals surface area contributed by atoms with E-state index in [0.29, 0.717) is 31.7 Å². The van der Waals surface area contributed by atoms with Gasteiger partial charge in [0.15, 0.2) is 0 Å². The van der Waals surface area contributed by atoms with Crippen LogP contribution in [-0.4, -0.2) is 15.2 Å². The molecule has 1 saturated heterocycles. The summed E-state index contributed by atoms with van der Waals surface area (Å²) >= 11 is 6.17. The number of halogens is 1. The Hall–Kier alpha value is -2.51. The molecule has 2 aromatic heterocycles. The number of carbonyl (C=O) groups is 1. The molecule has 1 aliphatic heterocycles. The summed E-state index contributed by atoms with van der Waals surface area (Å²) in [6.45, 7) is 1.83. The molecule has 0 saturated carbocycles. The molecule has 4 rings (SSSR count). The van der Waals surface area contributed by atoms with Crippen molar-refractivity contribution in [2.75, 3.05) is 0 Å². The monoisotopic (exact) mass is 370 g/mol. The van der Waals surface area contributed by atoms with Crippen molar-refractivity contribution in [3.8, 4) is 11.1 Å². The number of rotatable bonds is 2. The van der Waals surface area contributed by atoms with Crippen molar-refractivity contribution in [1.82, 2.24) is 10.3 Å². The fraction of sp³-hybridized carbons (Fsp3) is 0.0556. The van der Waals surface area contributed by atoms with Crippen LogP contribution in [0.5, 0.6) is 0 Å². The van der Waals surface area contributed by atoms with E-state index in [2.05, 4.69) is 10.3 Å². The Morgan fingerprint density at radius 1 is 1.28 bits per heavy atom. The second kappa shape index (κ2) is 6.09. The number of aromatic nitrogens is 1. The summed E-state index contributed by atoms with van der Waals surface area (Å²) in [6.07, 6.45) is 4.95. The summed E-state index contributed by atoms with van der Waals surface area (Å²) in [5.74, 6) is -0.0391. The highest BCUT2D eigenvalue weighted by Crippen LogP contribution is 2.33. The number of hydrogen-bond donors (Lipinski definition) is 1. The number of carbonyl (C=O) groups excluding carboxylic acids is 1. The predicted octanol–water partition coefficient (Wildman–Crippen LogP) is 4.43. The van der Waals surface area contributed by atoms with Gasteiger partial charge in [0, 0.05) is 29.4 Å². The van der Waals surface area contributed by atoms with Gasteiger partial charge in [0.1, 0.15) is 21.5 Å². The van der Waals surface area contributed by atoms with Crippen LogP contribution in [0.25, 0.3) is 28.2 Å². The summed E-state index contributed by atoms with van der Waals surface area (Å²) in [7, 11) is 0. The van der Waals surface area contributed by atoms with Crippen molar-refractivity contribution < 1.29 is 13.6 Å². The number of amides is 1. The third-order valence-corrected chi connectivity index (χ3v) is 4.87. The lowest BCUT2D eigenvalue weighted by molar-refractivity contribution is -0.115. The predicted molar refractivity (Wildman–Crippen MR) is 100 cm³/mol. The van der Waals surface area contributed by atoms with Crippen LogP contribution in [0.2, 0.25) is 0 Å². The van der Waals surface area contributed by atoms with E-state index in [4.69, 9.17) is 16.6 Å². The van der Waals surface area contributed by atoms with Crippen LogP contribution in [0.15, 0.2) is 46.0 Å². The number of hydrogen-bond acceptors (Lipinski definition) is 5. The zero-order valence-corrected chi connectivity index (χ0v) is 14.6. The normalized spacial score (nSPS) is 16.0. The Morgan fingerprint density at radius 2 is 2.12 bits per heavy atom. The average Bonchev–Trinajstić information content (AvgIpc) is 3.08.